The zero-order valence-electron chi connectivity index (χ0n) is 58.5. The van der Waals surface area contributed by atoms with E-state index in [1.807, 2.05) is 310 Å². The van der Waals surface area contributed by atoms with E-state index in [0.29, 0.717) is 0 Å². The number of hydrogen-bond acceptors (Lipinski definition) is 6. The van der Waals surface area contributed by atoms with Crippen molar-refractivity contribution in [3.63, 3.8) is 0 Å². The van der Waals surface area contributed by atoms with Crippen molar-refractivity contribution in [1.29, 1.82) is 0 Å². The summed E-state index contributed by atoms with van der Waals surface area (Å²) in [6, 6.07) is 95.5. The number of ether oxygens (including phenoxy) is 1. The molecule has 12 rings (SSSR count). The van der Waals surface area contributed by atoms with Crippen LogP contribution in [0.15, 0.2) is 313 Å². The second kappa shape index (κ2) is 38.5. The monoisotopic (exact) mass is 1300 g/mol. The number of aryl methyl sites for hydroxylation is 12. The van der Waals surface area contributed by atoms with Crippen molar-refractivity contribution >= 4 is 47.0 Å². The topological polar surface area (TPSA) is 77.5 Å². The van der Waals surface area contributed by atoms with Crippen molar-refractivity contribution in [2.45, 2.75) is 92.9 Å². The van der Waals surface area contributed by atoms with Crippen LogP contribution in [0.2, 0.25) is 0 Å². The summed E-state index contributed by atoms with van der Waals surface area (Å²) >= 11 is 1.80. The Bertz CT molecular complexity index is 4140. The SMILES string of the molecule is Cc1ccc(C(=O)c2cccc(C)c2)cc1.Cc1ccc(C(=O)c2cccc(C)c2)cc1.Cc1ccc(C=CC(=O)c2ccc(C)cc2)cc1.Cc1ccc(C=CC(=O)c2ccc(C)cc2)cc1.Cc1ccc(Oc2ccc(C)cc2)cc1.Cc1ccc(Sc2ccc(C)cc2)cc1. The smallest absolute Gasteiger partial charge is 0.193 e. The molecule has 0 heterocycles. The third-order valence-electron chi connectivity index (χ3n) is 15.4. The fourth-order valence-corrected chi connectivity index (χ4v) is 10.2. The first-order valence-corrected chi connectivity index (χ1v) is 33.6. The molecule has 0 unspecified atom stereocenters. The average Bonchev–Trinajstić information content (AvgIpc) is 0.901. The van der Waals surface area contributed by atoms with Crippen LogP contribution < -0.4 is 4.74 Å². The predicted octanol–water partition coefficient (Wildman–Crippen LogP) is 24.0. The first-order chi connectivity index (χ1) is 47.1. The molecule has 0 amide bonds. The Hall–Kier alpha value is -11.1. The van der Waals surface area contributed by atoms with Crippen LogP contribution in [0.5, 0.6) is 11.5 Å². The third kappa shape index (κ3) is 26.3. The first kappa shape index (κ1) is 74.3. The Morgan fingerprint density at radius 2 is 0.480 bits per heavy atom. The molecule has 0 atom stereocenters. The molecule has 0 fully saturated rings. The van der Waals surface area contributed by atoms with E-state index in [9.17, 15) is 19.2 Å². The molecule has 0 N–H and O–H groups in total. The van der Waals surface area contributed by atoms with Crippen molar-refractivity contribution < 1.29 is 23.9 Å². The molecule has 12 aromatic carbocycles. The van der Waals surface area contributed by atoms with E-state index in [0.717, 1.165) is 78.3 Å². The molecule has 0 radical (unpaired) electrons. The van der Waals surface area contributed by atoms with Gasteiger partial charge < -0.3 is 4.74 Å². The number of carbonyl (C=O) groups excluding carboxylic acids is 4. The van der Waals surface area contributed by atoms with Gasteiger partial charge in [-0.15, -0.1) is 0 Å². The predicted molar refractivity (Wildman–Crippen MR) is 412 cm³/mol. The number of carbonyl (C=O) groups is 4. The minimum atomic E-state index is 0.0376. The van der Waals surface area contributed by atoms with Gasteiger partial charge in [-0.3, -0.25) is 19.2 Å². The first-order valence-electron chi connectivity index (χ1n) is 32.8. The number of rotatable bonds is 14. The molecule has 0 spiro atoms. The van der Waals surface area contributed by atoms with Crippen molar-refractivity contribution in [3.05, 3.63) is 415 Å². The summed E-state index contributed by atoms with van der Waals surface area (Å²) in [7, 11) is 0. The molecule has 6 heteroatoms. The van der Waals surface area contributed by atoms with Gasteiger partial charge in [0, 0.05) is 43.2 Å². The minimum absolute atomic E-state index is 0.0376. The molecular formula is C92H88O5S. The summed E-state index contributed by atoms with van der Waals surface area (Å²) in [6.07, 6.45) is 6.94. The van der Waals surface area contributed by atoms with Gasteiger partial charge in [-0.25, -0.2) is 0 Å². The zero-order valence-corrected chi connectivity index (χ0v) is 59.3. The summed E-state index contributed by atoms with van der Waals surface area (Å²) in [5.41, 5.74) is 21.0. The Morgan fingerprint density at radius 1 is 0.245 bits per heavy atom. The third-order valence-corrected chi connectivity index (χ3v) is 16.4. The summed E-state index contributed by atoms with van der Waals surface area (Å²) in [5.74, 6) is 2.01. The number of benzene rings is 12. The van der Waals surface area contributed by atoms with E-state index >= 15 is 0 Å². The molecule has 0 aliphatic rings. The second-order valence-corrected chi connectivity index (χ2v) is 25.7. The Balaban J connectivity index is 0.000000166. The second-order valence-electron chi connectivity index (χ2n) is 24.5. The molecule has 0 saturated carbocycles. The number of ketones is 4. The summed E-state index contributed by atoms with van der Waals surface area (Å²) in [5, 5.41) is 0. The van der Waals surface area contributed by atoms with Gasteiger partial charge in [0.25, 0.3) is 0 Å². The molecule has 492 valence electrons. The van der Waals surface area contributed by atoms with Crippen LogP contribution in [-0.4, -0.2) is 23.1 Å². The van der Waals surface area contributed by atoms with Crippen LogP contribution >= 0.6 is 11.8 Å². The maximum atomic E-state index is 12.1. The molecular weight excluding hydrogens is 1220 g/mol. The normalized spacial score (nSPS) is 10.4. The van der Waals surface area contributed by atoms with Crippen molar-refractivity contribution in [3.8, 4) is 11.5 Å². The van der Waals surface area contributed by atoms with E-state index in [1.165, 1.54) is 54.3 Å². The van der Waals surface area contributed by atoms with E-state index < -0.39 is 0 Å². The standard InChI is InChI=1S/2C17H16O.2C15H14O.C14H14O.C14H14S/c2*1-13-3-7-15(8-4-13)9-12-17(18)16-10-5-14(2)6-11-16;2*1-11-6-8-13(9-7-11)15(16)14-5-3-4-12(2)10-14;2*1-11-3-7-13(8-4-11)15-14-9-5-12(2)6-10-14/h2*3-12H,1-2H3;2*3-10H,1-2H3;2*3-10H,1-2H3. The van der Waals surface area contributed by atoms with Crippen molar-refractivity contribution in [1.82, 2.24) is 0 Å². The molecule has 0 saturated heterocycles. The van der Waals surface area contributed by atoms with E-state index in [1.54, 1.807) is 23.9 Å². The van der Waals surface area contributed by atoms with Crippen LogP contribution in [0.25, 0.3) is 12.2 Å². The van der Waals surface area contributed by atoms with Gasteiger partial charge in [0.2, 0.25) is 0 Å². The Kier molecular flexibility index (Phi) is 29.2. The maximum absolute atomic E-state index is 12.1. The molecule has 0 bridgehead atoms. The van der Waals surface area contributed by atoms with Gasteiger partial charge >= 0.3 is 0 Å². The highest BCUT2D eigenvalue weighted by molar-refractivity contribution is 7.99. The van der Waals surface area contributed by atoms with Crippen LogP contribution in [0, 0.1) is 83.1 Å². The quantitative estimate of drug-likeness (QED) is 0.0797. The van der Waals surface area contributed by atoms with Crippen LogP contribution in [0.1, 0.15) is 130 Å². The van der Waals surface area contributed by atoms with E-state index in [2.05, 4.69) is 76.2 Å². The highest BCUT2D eigenvalue weighted by Crippen LogP contribution is 2.28. The molecule has 0 aliphatic carbocycles. The highest BCUT2D eigenvalue weighted by Gasteiger charge is 2.10. The summed E-state index contributed by atoms with van der Waals surface area (Å²) in [4.78, 5) is 50.6. The van der Waals surface area contributed by atoms with Gasteiger partial charge in [0.05, 0.1) is 0 Å². The fraction of sp³-hybridized carbons (Fsp3) is 0.130. The van der Waals surface area contributed by atoms with Crippen LogP contribution in [0.4, 0.5) is 0 Å². The summed E-state index contributed by atoms with van der Waals surface area (Å²) < 4.78 is 5.69. The van der Waals surface area contributed by atoms with E-state index in [-0.39, 0.29) is 23.1 Å². The number of allylic oxidation sites excluding steroid dienone is 2. The lowest BCUT2D eigenvalue weighted by Crippen LogP contribution is -2.01. The summed E-state index contributed by atoms with van der Waals surface area (Å²) in [6.45, 7) is 24.5. The zero-order chi connectivity index (χ0) is 70.3. The van der Waals surface area contributed by atoms with Gasteiger partial charge in [-0.1, -0.05) is 321 Å². The molecule has 12 aromatic rings. The highest BCUT2D eigenvalue weighted by atomic mass is 32.2. The lowest BCUT2D eigenvalue weighted by Gasteiger charge is -2.05. The van der Waals surface area contributed by atoms with Gasteiger partial charge in [-0.2, -0.15) is 0 Å². The molecule has 98 heavy (non-hydrogen) atoms. The van der Waals surface area contributed by atoms with Gasteiger partial charge in [0.15, 0.2) is 23.1 Å². The number of hydrogen-bond donors (Lipinski definition) is 0. The van der Waals surface area contributed by atoms with Crippen LogP contribution in [0.3, 0.4) is 0 Å². The van der Waals surface area contributed by atoms with E-state index in [4.69, 9.17) is 4.74 Å². The Morgan fingerprint density at radius 3 is 0.745 bits per heavy atom. The molecule has 0 aliphatic heterocycles. The minimum Gasteiger partial charge on any atom is -0.457 e. The van der Waals surface area contributed by atoms with Gasteiger partial charge in [-0.05, 0) is 167 Å². The Labute approximate surface area is 586 Å². The van der Waals surface area contributed by atoms with Crippen LogP contribution in [-0.2, 0) is 0 Å². The fourth-order valence-electron chi connectivity index (χ4n) is 9.34. The lowest BCUT2D eigenvalue weighted by atomic mass is 10.0. The largest absolute Gasteiger partial charge is 0.457 e. The lowest BCUT2D eigenvalue weighted by molar-refractivity contribution is 0.103. The average molecular weight is 1310 g/mol. The molecule has 5 nitrogen and oxygen atoms in total. The maximum Gasteiger partial charge on any atom is 0.193 e. The van der Waals surface area contributed by atoms with Crippen molar-refractivity contribution in [2.24, 2.45) is 0 Å². The molecule has 0 aromatic heterocycles. The van der Waals surface area contributed by atoms with Crippen molar-refractivity contribution in [2.75, 3.05) is 0 Å². The van der Waals surface area contributed by atoms with Gasteiger partial charge in [0.1, 0.15) is 11.5 Å².